The molecule has 1 heterocycles. The number of rotatable bonds is 2. The van der Waals surface area contributed by atoms with E-state index in [1.165, 1.54) is 0 Å². The van der Waals surface area contributed by atoms with Crippen LogP contribution in [-0.4, -0.2) is 4.98 Å². The quantitative estimate of drug-likeness (QED) is 0.459. The number of nitrogens with zero attached hydrogens (tertiary/aromatic N) is 1. The Morgan fingerprint density at radius 3 is 2.60 bits per heavy atom. The van der Waals surface area contributed by atoms with Crippen LogP contribution in [0.4, 0.5) is 0 Å². The van der Waals surface area contributed by atoms with Crippen LogP contribution < -0.4 is 11.3 Å². The number of aromatic nitrogens is 1. The van der Waals surface area contributed by atoms with Gasteiger partial charge >= 0.3 is 0 Å². The molecule has 0 atom stereocenters. The van der Waals surface area contributed by atoms with E-state index >= 15 is 0 Å². The van der Waals surface area contributed by atoms with Crippen LogP contribution in [0.1, 0.15) is 5.56 Å². The van der Waals surface area contributed by atoms with Crippen molar-refractivity contribution in [2.45, 2.75) is 0 Å². The van der Waals surface area contributed by atoms with Crippen LogP contribution in [-0.2, 0) is 0 Å². The zero-order valence-corrected chi connectivity index (χ0v) is 5.54. The lowest BCUT2D eigenvalue weighted by Crippen LogP contribution is -2.18. The first-order valence-corrected chi connectivity index (χ1v) is 2.90. The number of nitrogens with two attached hydrogens (primary N) is 1. The van der Waals surface area contributed by atoms with Crippen LogP contribution >= 0.6 is 0 Å². The molecule has 52 valence electrons. The Hall–Kier alpha value is -1.35. The molecule has 3 heteroatoms. The van der Waals surface area contributed by atoms with Gasteiger partial charge in [0, 0.05) is 23.7 Å². The number of pyridine rings is 1. The Morgan fingerprint density at radius 1 is 1.50 bits per heavy atom. The smallest absolute Gasteiger partial charge is 0.0486 e. The van der Waals surface area contributed by atoms with Gasteiger partial charge in [-0.3, -0.25) is 10.8 Å². The summed E-state index contributed by atoms with van der Waals surface area (Å²) < 4.78 is 0. The van der Waals surface area contributed by atoms with Crippen molar-refractivity contribution in [2.24, 2.45) is 5.84 Å². The molecular weight excluding hydrogens is 126 g/mol. The molecule has 0 saturated heterocycles. The first-order valence-electron chi connectivity index (χ1n) is 2.90. The van der Waals surface area contributed by atoms with E-state index < -0.39 is 0 Å². The van der Waals surface area contributed by atoms with E-state index in [1.807, 2.05) is 12.1 Å². The maximum absolute atomic E-state index is 5.13. The Bertz CT molecular complexity index is 218. The Labute approximate surface area is 59.6 Å². The maximum Gasteiger partial charge on any atom is 0.0486 e. The zero-order valence-electron chi connectivity index (χ0n) is 5.54. The van der Waals surface area contributed by atoms with Gasteiger partial charge in [-0.05, 0) is 12.1 Å². The van der Waals surface area contributed by atoms with Gasteiger partial charge < -0.3 is 5.43 Å². The summed E-state index contributed by atoms with van der Waals surface area (Å²) in [5.74, 6) is 5.13. The minimum atomic E-state index is 0.697. The van der Waals surface area contributed by atoms with Gasteiger partial charge in [-0.2, -0.15) is 0 Å². The molecule has 0 spiro atoms. The lowest BCUT2D eigenvalue weighted by atomic mass is 10.2. The third-order valence-corrected chi connectivity index (χ3v) is 1.20. The van der Waals surface area contributed by atoms with Gasteiger partial charge in [0.05, 0.1) is 0 Å². The van der Waals surface area contributed by atoms with Crippen LogP contribution in [0.5, 0.6) is 0 Å². The van der Waals surface area contributed by atoms with E-state index in [9.17, 15) is 0 Å². The van der Waals surface area contributed by atoms with Crippen molar-refractivity contribution in [1.29, 1.82) is 0 Å². The molecule has 0 aromatic carbocycles. The van der Waals surface area contributed by atoms with Crippen molar-refractivity contribution in [3.05, 3.63) is 36.7 Å². The second-order valence-electron chi connectivity index (χ2n) is 1.86. The molecule has 0 aliphatic carbocycles. The molecule has 0 aliphatic heterocycles. The van der Waals surface area contributed by atoms with E-state index in [2.05, 4.69) is 17.0 Å². The summed E-state index contributed by atoms with van der Waals surface area (Å²) in [6.45, 7) is 3.68. The first-order chi connectivity index (χ1) is 4.84. The molecule has 0 radical (unpaired) electrons. The highest BCUT2D eigenvalue weighted by Gasteiger charge is 1.91. The minimum Gasteiger partial charge on any atom is -0.324 e. The van der Waals surface area contributed by atoms with E-state index in [0.29, 0.717) is 5.70 Å². The molecule has 1 rings (SSSR count). The summed E-state index contributed by atoms with van der Waals surface area (Å²) in [5, 5.41) is 0. The van der Waals surface area contributed by atoms with Crippen molar-refractivity contribution in [2.75, 3.05) is 0 Å². The SMILES string of the molecule is C=C(NN)c1ccncc1. The van der Waals surface area contributed by atoms with Gasteiger partial charge in [0.2, 0.25) is 0 Å². The van der Waals surface area contributed by atoms with Crippen LogP contribution in [0.25, 0.3) is 5.70 Å². The van der Waals surface area contributed by atoms with E-state index in [4.69, 9.17) is 5.84 Å². The summed E-state index contributed by atoms with van der Waals surface area (Å²) in [4.78, 5) is 3.85. The van der Waals surface area contributed by atoms with Crippen LogP contribution in [0, 0.1) is 0 Å². The highest BCUT2D eigenvalue weighted by molar-refractivity contribution is 5.60. The second-order valence-corrected chi connectivity index (χ2v) is 1.86. The molecular formula is C7H9N3. The standard InChI is InChI=1S/C7H9N3/c1-6(10-8)7-2-4-9-5-3-7/h2-5,10H,1,8H2. The van der Waals surface area contributed by atoms with E-state index in [0.717, 1.165) is 5.56 Å². The summed E-state index contributed by atoms with van der Waals surface area (Å²) in [6, 6.07) is 3.67. The summed E-state index contributed by atoms with van der Waals surface area (Å²) in [6.07, 6.45) is 3.38. The monoisotopic (exact) mass is 135 g/mol. The van der Waals surface area contributed by atoms with Crippen LogP contribution in [0.15, 0.2) is 31.1 Å². The Morgan fingerprint density at radius 2 is 2.10 bits per heavy atom. The topological polar surface area (TPSA) is 50.9 Å². The summed E-state index contributed by atoms with van der Waals surface area (Å²) in [7, 11) is 0. The number of hydrazine groups is 1. The molecule has 0 saturated carbocycles. The van der Waals surface area contributed by atoms with E-state index in [1.54, 1.807) is 12.4 Å². The van der Waals surface area contributed by atoms with Crippen molar-refractivity contribution >= 4 is 5.70 Å². The van der Waals surface area contributed by atoms with Gasteiger partial charge in [0.15, 0.2) is 0 Å². The fourth-order valence-corrected chi connectivity index (χ4v) is 0.636. The van der Waals surface area contributed by atoms with Gasteiger partial charge in [-0.25, -0.2) is 0 Å². The lowest BCUT2D eigenvalue weighted by molar-refractivity contribution is 0.994. The summed E-state index contributed by atoms with van der Waals surface area (Å²) in [5.41, 5.74) is 4.11. The van der Waals surface area contributed by atoms with Crippen molar-refractivity contribution in [3.63, 3.8) is 0 Å². The molecule has 3 N–H and O–H groups in total. The predicted molar refractivity (Wildman–Crippen MR) is 40.6 cm³/mol. The first kappa shape index (κ1) is 6.77. The maximum atomic E-state index is 5.13. The average molecular weight is 135 g/mol. The number of hydrogen-bond acceptors (Lipinski definition) is 3. The second kappa shape index (κ2) is 2.98. The van der Waals surface area contributed by atoms with Crippen LogP contribution in [0.3, 0.4) is 0 Å². The molecule has 1 aromatic heterocycles. The fourth-order valence-electron chi connectivity index (χ4n) is 0.636. The number of nitrogens with one attached hydrogen (secondary N) is 1. The molecule has 0 bridgehead atoms. The molecule has 0 amide bonds. The fraction of sp³-hybridized carbons (Fsp3) is 0. The number of hydrogen-bond donors (Lipinski definition) is 2. The highest BCUT2D eigenvalue weighted by atomic mass is 15.2. The lowest BCUT2D eigenvalue weighted by Gasteiger charge is -2.01. The van der Waals surface area contributed by atoms with Crippen LogP contribution in [0.2, 0.25) is 0 Å². The average Bonchev–Trinajstić information content (AvgIpc) is 2.05. The highest BCUT2D eigenvalue weighted by Crippen LogP contribution is 2.04. The normalized spacial score (nSPS) is 8.90. The third kappa shape index (κ3) is 1.33. The van der Waals surface area contributed by atoms with E-state index in [-0.39, 0.29) is 0 Å². The minimum absolute atomic E-state index is 0.697. The van der Waals surface area contributed by atoms with Crippen molar-refractivity contribution in [1.82, 2.24) is 10.4 Å². The zero-order chi connectivity index (χ0) is 7.40. The third-order valence-electron chi connectivity index (χ3n) is 1.20. The van der Waals surface area contributed by atoms with Crippen molar-refractivity contribution in [3.8, 4) is 0 Å². The molecule has 0 unspecified atom stereocenters. The Kier molecular flexibility index (Phi) is 2.02. The largest absolute Gasteiger partial charge is 0.324 e. The van der Waals surface area contributed by atoms with Gasteiger partial charge in [-0.1, -0.05) is 6.58 Å². The van der Waals surface area contributed by atoms with Crippen molar-refractivity contribution < 1.29 is 0 Å². The Balaban J connectivity index is 2.85. The summed E-state index contributed by atoms with van der Waals surface area (Å²) >= 11 is 0. The molecule has 10 heavy (non-hydrogen) atoms. The molecule has 3 nitrogen and oxygen atoms in total. The predicted octanol–water partition coefficient (Wildman–Crippen LogP) is 0.516. The molecule has 0 fully saturated rings. The molecule has 1 aromatic rings. The molecule has 0 aliphatic rings. The van der Waals surface area contributed by atoms with Gasteiger partial charge in [0.1, 0.15) is 0 Å². The van der Waals surface area contributed by atoms with Gasteiger partial charge in [-0.15, -0.1) is 0 Å². The van der Waals surface area contributed by atoms with Gasteiger partial charge in [0.25, 0.3) is 0 Å².